The summed E-state index contributed by atoms with van der Waals surface area (Å²) in [4.78, 5) is 13.2. The third-order valence-corrected chi connectivity index (χ3v) is 2.95. The molecular weight excluding hydrogens is 166 g/mol. The van der Waals surface area contributed by atoms with Gasteiger partial charge in [-0.2, -0.15) is 0 Å². The van der Waals surface area contributed by atoms with Gasteiger partial charge in [-0.1, -0.05) is 13.8 Å². The van der Waals surface area contributed by atoms with Crippen molar-refractivity contribution < 1.29 is 9.90 Å². The Morgan fingerprint density at radius 3 is 2.54 bits per heavy atom. The molecule has 0 radical (unpaired) electrons. The molecule has 1 saturated heterocycles. The van der Waals surface area contributed by atoms with Crippen molar-refractivity contribution in [2.75, 3.05) is 13.6 Å². The predicted octanol–water partition coefficient (Wildman–Crippen LogP) is 1.44. The highest BCUT2D eigenvalue weighted by molar-refractivity contribution is 5.71. The number of rotatable bonds is 2. The van der Waals surface area contributed by atoms with E-state index < -0.39 is 5.97 Å². The largest absolute Gasteiger partial charge is 0.481 e. The lowest BCUT2D eigenvalue weighted by atomic mass is 9.83. The van der Waals surface area contributed by atoms with Crippen molar-refractivity contribution in [2.24, 2.45) is 11.8 Å². The van der Waals surface area contributed by atoms with Crippen LogP contribution in [0.2, 0.25) is 0 Å². The van der Waals surface area contributed by atoms with Crippen LogP contribution in [0.1, 0.15) is 26.7 Å². The zero-order valence-corrected chi connectivity index (χ0v) is 8.66. The lowest BCUT2D eigenvalue weighted by Crippen LogP contribution is -2.48. The summed E-state index contributed by atoms with van der Waals surface area (Å²) in [6, 6.07) is 0.214. The smallest absolute Gasteiger partial charge is 0.308 e. The van der Waals surface area contributed by atoms with E-state index in [9.17, 15) is 4.79 Å². The average molecular weight is 185 g/mol. The van der Waals surface area contributed by atoms with Crippen LogP contribution in [0, 0.1) is 11.8 Å². The molecule has 1 N–H and O–H groups in total. The lowest BCUT2D eigenvalue weighted by Gasteiger charge is -2.39. The molecule has 0 aromatic heterocycles. The molecule has 0 amide bonds. The van der Waals surface area contributed by atoms with E-state index in [-0.39, 0.29) is 12.0 Å². The summed E-state index contributed by atoms with van der Waals surface area (Å²) in [5, 5.41) is 9.05. The van der Waals surface area contributed by atoms with Gasteiger partial charge in [-0.25, -0.2) is 0 Å². The van der Waals surface area contributed by atoms with Gasteiger partial charge in [-0.3, -0.25) is 4.79 Å². The summed E-state index contributed by atoms with van der Waals surface area (Å²) in [5.41, 5.74) is 0. The van der Waals surface area contributed by atoms with Crippen LogP contribution in [-0.4, -0.2) is 35.6 Å². The monoisotopic (exact) mass is 185 g/mol. The van der Waals surface area contributed by atoms with Gasteiger partial charge in [0.25, 0.3) is 0 Å². The third kappa shape index (κ3) is 2.21. The number of nitrogens with zero attached hydrogens (tertiary/aromatic N) is 1. The van der Waals surface area contributed by atoms with E-state index in [1.807, 2.05) is 7.05 Å². The van der Waals surface area contributed by atoms with Gasteiger partial charge in [0.05, 0.1) is 5.92 Å². The number of carboxylic acid groups (broad SMARTS) is 1. The Balaban J connectivity index is 2.74. The molecule has 2 atom stereocenters. The molecule has 0 saturated carbocycles. The molecule has 3 nitrogen and oxygen atoms in total. The molecule has 0 aliphatic carbocycles. The normalized spacial score (nSPS) is 30.8. The molecule has 0 spiro atoms. The van der Waals surface area contributed by atoms with Crippen molar-refractivity contribution in [3.8, 4) is 0 Å². The van der Waals surface area contributed by atoms with Gasteiger partial charge in [0, 0.05) is 6.04 Å². The van der Waals surface area contributed by atoms with E-state index in [4.69, 9.17) is 5.11 Å². The van der Waals surface area contributed by atoms with Crippen LogP contribution in [-0.2, 0) is 4.79 Å². The predicted molar refractivity (Wildman–Crippen MR) is 51.6 cm³/mol. The first-order chi connectivity index (χ1) is 6.04. The maximum atomic E-state index is 11.0. The Hall–Kier alpha value is -0.570. The number of carbonyl (C=O) groups is 1. The summed E-state index contributed by atoms with van der Waals surface area (Å²) >= 11 is 0. The van der Waals surface area contributed by atoms with Gasteiger partial charge >= 0.3 is 5.97 Å². The summed E-state index contributed by atoms with van der Waals surface area (Å²) in [6.45, 7) is 5.23. The molecule has 1 heterocycles. The highest BCUT2D eigenvalue weighted by atomic mass is 16.4. The second-order valence-electron chi connectivity index (χ2n) is 4.30. The molecule has 3 heteroatoms. The molecule has 0 bridgehead atoms. The minimum Gasteiger partial charge on any atom is -0.481 e. The first-order valence-corrected chi connectivity index (χ1v) is 4.97. The SMILES string of the molecule is CC(C)[C@@H]1[C@@H](C(=O)O)CCCN1C. The van der Waals surface area contributed by atoms with Gasteiger partial charge in [0.15, 0.2) is 0 Å². The maximum Gasteiger partial charge on any atom is 0.308 e. The number of aliphatic carboxylic acids is 1. The number of likely N-dealkylation sites (tertiary alicyclic amines) is 1. The quantitative estimate of drug-likeness (QED) is 0.707. The van der Waals surface area contributed by atoms with E-state index in [1.54, 1.807) is 0 Å². The highest BCUT2D eigenvalue weighted by Crippen LogP contribution is 2.27. The molecule has 76 valence electrons. The Morgan fingerprint density at radius 2 is 2.15 bits per heavy atom. The number of piperidine rings is 1. The fourth-order valence-electron chi connectivity index (χ4n) is 2.43. The molecule has 1 aliphatic heterocycles. The third-order valence-electron chi connectivity index (χ3n) is 2.95. The van der Waals surface area contributed by atoms with Crippen LogP contribution in [0.25, 0.3) is 0 Å². The van der Waals surface area contributed by atoms with Crippen LogP contribution in [0.5, 0.6) is 0 Å². The number of hydrogen-bond acceptors (Lipinski definition) is 2. The molecule has 0 aromatic rings. The molecule has 1 rings (SSSR count). The van der Waals surface area contributed by atoms with E-state index in [1.165, 1.54) is 0 Å². The Labute approximate surface area is 79.7 Å². The Bertz CT molecular complexity index is 191. The Kier molecular flexibility index (Phi) is 3.31. The van der Waals surface area contributed by atoms with Crippen LogP contribution < -0.4 is 0 Å². The second-order valence-corrected chi connectivity index (χ2v) is 4.30. The maximum absolute atomic E-state index is 11.0. The van der Waals surface area contributed by atoms with E-state index in [0.29, 0.717) is 5.92 Å². The Morgan fingerprint density at radius 1 is 1.54 bits per heavy atom. The topological polar surface area (TPSA) is 40.5 Å². The van der Waals surface area contributed by atoms with E-state index >= 15 is 0 Å². The molecule has 1 aliphatic rings. The van der Waals surface area contributed by atoms with Gasteiger partial charge in [-0.05, 0) is 32.4 Å². The standard InChI is InChI=1S/C10H19NO2/c1-7(2)9-8(10(12)13)5-4-6-11(9)3/h7-9H,4-6H2,1-3H3,(H,12,13)/t8-,9+/m0/s1. The van der Waals surface area contributed by atoms with Gasteiger partial charge in [-0.15, -0.1) is 0 Å². The molecule has 1 fully saturated rings. The molecule has 0 aromatic carbocycles. The summed E-state index contributed by atoms with van der Waals surface area (Å²) in [6.07, 6.45) is 1.85. The van der Waals surface area contributed by atoms with E-state index in [0.717, 1.165) is 19.4 Å². The first kappa shape index (κ1) is 10.5. The molecule has 0 unspecified atom stereocenters. The lowest BCUT2D eigenvalue weighted by molar-refractivity contribution is -0.146. The van der Waals surface area contributed by atoms with Crippen molar-refractivity contribution in [1.82, 2.24) is 4.90 Å². The average Bonchev–Trinajstić information content (AvgIpc) is 2.02. The summed E-state index contributed by atoms with van der Waals surface area (Å²) < 4.78 is 0. The van der Waals surface area contributed by atoms with Gasteiger partial charge in [0.2, 0.25) is 0 Å². The van der Waals surface area contributed by atoms with Crippen LogP contribution >= 0.6 is 0 Å². The number of carboxylic acids is 1. The van der Waals surface area contributed by atoms with Crippen molar-refractivity contribution >= 4 is 5.97 Å². The summed E-state index contributed by atoms with van der Waals surface area (Å²) in [5.74, 6) is -0.379. The van der Waals surface area contributed by atoms with Gasteiger partial charge < -0.3 is 10.0 Å². The fraction of sp³-hybridized carbons (Fsp3) is 0.900. The first-order valence-electron chi connectivity index (χ1n) is 4.97. The zero-order valence-electron chi connectivity index (χ0n) is 8.66. The fourth-order valence-corrected chi connectivity index (χ4v) is 2.43. The van der Waals surface area contributed by atoms with Crippen molar-refractivity contribution in [2.45, 2.75) is 32.7 Å². The van der Waals surface area contributed by atoms with Crippen LogP contribution in [0.3, 0.4) is 0 Å². The highest BCUT2D eigenvalue weighted by Gasteiger charge is 2.35. The van der Waals surface area contributed by atoms with Crippen molar-refractivity contribution in [3.63, 3.8) is 0 Å². The minimum atomic E-state index is -0.634. The molecular formula is C10H19NO2. The molecule has 13 heavy (non-hydrogen) atoms. The van der Waals surface area contributed by atoms with E-state index in [2.05, 4.69) is 18.7 Å². The zero-order chi connectivity index (χ0) is 10.0. The second kappa shape index (κ2) is 4.09. The summed E-state index contributed by atoms with van der Waals surface area (Å²) in [7, 11) is 2.03. The van der Waals surface area contributed by atoms with Gasteiger partial charge in [0.1, 0.15) is 0 Å². The van der Waals surface area contributed by atoms with Crippen molar-refractivity contribution in [1.29, 1.82) is 0 Å². The van der Waals surface area contributed by atoms with Crippen LogP contribution in [0.15, 0.2) is 0 Å². The van der Waals surface area contributed by atoms with Crippen LogP contribution in [0.4, 0.5) is 0 Å². The van der Waals surface area contributed by atoms with Crippen molar-refractivity contribution in [3.05, 3.63) is 0 Å². The number of hydrogen-bond donors (Lipinski definition) is 1. The minimum absolute atomic E-state index is 0.168.